The lowest BCUT2D eigenvalue weighted by Crippen LogP contribution is -2.49. The Bertz CT molecular complexity index is 316. The van der Waals surface area contributed by atoms with E-state index in [0.717, 1.165) is 52.1 Å². The van der Waals surface area contributed by atoms with Crippen molar-refractivity contribution in [1.82, 2.24) is 10.2 Å². The molecule has 2 rings (SSSR count). The Kier molecular flexibility index (Phi) is 5.44. The molecule has 2 aliphatic rings. The summed E-state index contributed by atoms with van der Waals surface area (Å²) in [6.07, 6.45) is 4.25. The maximum Gasteiger partial charge on any atom is 0.226 e. The van der Waals surface area contributed by atoms with Crippen molar-refractivity contribution in [3.05, 3.63) is 0 Å². The fourth-order valence-corrected chi connectivity index (χ4v) is 3.18. The Morgan fingerprint density at radius 2 is 2.10 bits per heavy atom. The van der Waals surface area contributed by atoms with Gasteiger partial charge in [0.2, 0.25) is 5.91 Å². The second kappa shape index (κ2) is 6.90. The molecule has 2 heterocycles. The number of carbonyl (C=O) groups excluding carboxylic acids is 1. The minimum atomic E-state index is -0.180. The maximum absolute atomic E-state index is 12.5. The molecule has 0 aromatic rings. The van der Waals surface area contributed by atoms with Crippen LogP contribution in [-0.4, -0.2) is 49.7 Å². The molecule has 0 saturated carbocycles. The molecule has 1 unspecified atom stereocenters. The highest BCUT2D eigenvalue weighted by molar-refractivity contribution is 5.82. The number of likely N-dealkylation sites (tertiary alicyclic amines) is 1. The van der Waals surface area contributed by atoms with E-state index in [4.69, 9.17) is 4.74 Å². The van der Waals surface area contributed by atoms with Crippen LogP contribution in [0.15, 0.2) is 0 Å². The van der Waals surface area contributed by atoms with Gasteiger partial charge in [-0.2, -0.15) is 0 Å². The number of nitrogens with one attached hydrogen (secondary N) is 1. The second-order valence-electron chi connectivity index (χ2n) is 6.98. The summed E-state index contributed by atoms with van der Waals surface area (Å²) in [6.45, 7) is 11.1. The molecular formula is C16H30N2O2. The average molecular weight is 282 g/mol. The number of hydrogen-bond donors (Lipinski definition) is 1. The zero-order valence-electron chi connectivity index (χ0n) is 13.3. The molecule has 0 aromatic carbocycles. The van der Waals surface area contributed by atoms with E-state index in [2.05, 4.69) is 31.0 Å². The van der Waals surface area contributed by atoms with E-state index >= 15 is 0 Å². The Balaban J connectivity index is 1.76. The lowest BCUT2D eigenvalue weighted by molar-refractivity contribution is -0.133. The van der Waals surface area contributed by atoms with Gasteiger partial charge in [0.1, 0.15) is 0 Å². The highest BCUT2D eigenvalue weighted by Crippen LogP contribution is 2.32. The molecule has 0 spiro atoms. The van der Waals surface area contributed by atoms with Gasteiger partial charge in [-0.15, -0.1) is 0 Å². The van der Waals surface area contributed by atoms with Crippen LogP contribution in [0.3, 0.4) is 0 Å². The van der Waals surface area contributed by atoms with Crippen LogP contribution in [0.25, 0.3) is 0 Å². The van der Waals surface area contributed by atoms with Crippen molar-refractivity contribution >= 4 is 5.91 Å². The van der Waals surface area contributed by atoms with Gasteiger partial charge in [0.15, 0.2) is 0 Å². The van der Waals surface area contributed by atoms with Crippen LogP contribution in [0.5, 0.6) is 0 Å². The van der Waals surface area contributed by atoms with Gasteiger partial charge >= 0.3 is 0 Å². The standard InChI is InChI=1S/C16H30N2O2/c1-13(2)18-8-6-16(3,7-9-18)15(19)17-11-14-5-4-10-20-12-14/h13-14H,4-12H2,1-3H3,(H,17,19). The Morgan fingerprint density at radius 1 is 1.40 bits per heavy atom. The van der Waals surface area contributed by atoms with Gasteiger partial charge in [0.05, 0.1) is 6.61 Å². The van der Waals surface area contributed by atoms with Crippen molar-refractivity contribution in [2.24, 2.45) is 11.3 Å². The molecule has 2 saturated heterocycles. The van der Waals surface area contributed by atoms with Gasteiger partial charge in [-0.1, -0.05) is 6.92 Å². The first-order chi connectivity index (χ1) is 9.51. The van der Waals surface area contributed by atoms with E-state index in [1.165, 1.54) is 6.42 Å². The molecule has 4 heteroatoms. The van der Waals surface area contributed by atoms with Gasteiger partial charge in [0, 0.05) is 24.6 Å². The number of piperidine rings is 1. The van der Waals surface area contributed by atoms with E-state index in [9.17, 15) is 4.79 Å². The number of nitrogens with zero attached hydrogens (tertiary/aromatic N) is 1. The molecule has 0 radical (unpaired) electrons. The van der Waals surface area contributed by atoms with Crippen LogP contribution in [-0.2, 0) is 9.53 Å². The molecule has 1 amide bonds. The van der Waals surface area contributed by atoms with Crippen LogP contribution in [0.4, 0.5) is 0 Å². The molecule has 2 fully saturated rings. The van der Waals surface area contributed by atoms with E-state index in [-0.39, 0.29) is 11.3 Å². The Hall–Kier alpha value is -0.610. The molecule has 0 aliphatic carbocycles. The predicted molar refractivity (Wildman–Crippen MR) is 80.6 cm³/mol. The number of amides is 1. The molecule has 116 valence electrons. The fraction of sp³-hybridized carbons (Fsp3) is 0.938. The third-order valence-electron chi connectivity index (χ3n) is 4.99. The summed E-state index contributed by atoms with van der Waals surface area (Å²) in [6, 6.07) is 0.585. The third kappa shape index (κ3) is 3.95. The highest BCUT2D eigenvalue weighted by atomic mass is 16.5. The number of ether oxygens (including phenoxy) is 1. The summed E-state index contributed by atoms with van der Waals surface area (Å²) < 4.78 is 5.47. The van der Waals surface area contributed by atoms with E-state index in [0.29, 0.717) is 12.0 Å². The monoisotopic (exact) mass is 282 g/mol. The Morgan fingerprint density at radius 3 is 2.65 bits per heavy atom. The predicted octanol–water partition coefficient (Wildman–Crippen LogP) is 2.04. The second-order valence-corrected chi connectivity index (χ2v) is 6.98. The van der Waals surface area contributed by atoms with Crippen molar-refractivity contribution in [3.8, 4) is 0 Å². The van der Waals surface area contributed by atoms with Crippen molar-refractivity contribution in [2.45, 2.75) is 52.5 Å². The normalized spacial score (nSPS) is 27.5. The van der Waals surface area contributed by atoms with Crippen LogP contribution >= 0.6 is 0 Å². The van der Waals surface area contributed by atoms with Gasteiger partial charge in [-0.3, -0.25) is 4.79 Å². The molecule has 1 atom stereocenters. The smallest absolute Gasteiger partial charge is 0.226 e. The Labute approximate surface area is 123 Å². The molecule has 0 bridgehead atoms. The molecule has 20 heavy (non-hydrogen) atoms. The summed E-state index contributed by atoms with van der Waals surface area (Å²) in [5.74, 6) is 0.749. The van der Waals surface area contributed by atoms with Crippen LogP contribution in [0.1, 0.15) is 46.5 Å². The van der Waals surface area contributed by atoms with Crippen molar-refractivity contribution in [1.29, 1.82) is 0 Å². The minimum Gasteiger partial charge on any atom is -0.381 e. The highest BCUT2D eigenvalue weighted by Gasteiger charge is 2.37. The first kappa shape index (κ1) is 15.8. The van der Waals surface area contributed by atoms with Crippen molar-refractivity contribution in [3.63, 3.8) is 0 Å². The zero-order valence-corrected chi connectivity index (χ0v) is 13.3. The number of hydrogen-bond acceptors (Lipinski definition) is 3. The van der Waals surface area contributed by atoms with Crippen molar-refractivity contribution < 1.29 is 9.53 Å². The minimum absolute atomic E-state index is 0.180. The SMILES string of the molecule is CC(C)N1CCC(C)(C(=O)NCC2CCCOC2)CC1. The topological polar surface area (TPSA) is 41.6 Å². The van der Waals surface area contributed by atoms with E-state index in [1.807, 2.05) is 0 Å². The van der Waals surface area contributed by atoms with Gasteiger partial charge in [0.25, 0.3) is 0 Å². The van der Waals surface area contributed by atoms with E-state index in [1.54, 1.807) is 0 Å². The molecule has 1 N–H and O–H groups in total. The van der Waals surface area contributed by atoms with Gasteiger partial charge in [-0.05, 0) is 58.5 Å². The van der Waals surface area contributed by atoms with Gasteiger partial charge < -0.3 is 15.0 Å². The number of rotatable bonds is 4. The average Bonchev–Trinajstić information content (AvgIpc) is 2.46. The first-order valence-electron chi connectivity index (χ1n) is 8.11. The molecule has 0 aromatic heterocycles. The van der Waals surface area contributed by atoms with Crippen LogP contribution in [0.2, 0.25) is 0 Å². The first-order valence-corrected chi connectivity index (χ1v) is 8.11. The van der Waals surface area contributed by atoms with Crippen LogP contribution < -0.4 is 5.32 Å². The van der Waals surface area contributed by atoms with Gasteiger partial charge in [-0.25, -0.2) is 0 Å². The fourth-order valence-electron chi connectivity index (χ4n) is 3.18. The summed E-state index contributed by atoms with van der Waals surface area (Å²) >= 11 is 0. The zero-order chi connectivity index (χ0) is 14.6. The summed E-state index contributed by atoms with van der Waals surface area (Å²) in [5.41, 5.74) is -0.180. The summed E-state index contributed by atoms with van der Waals surface area (Å²) in [7, 11) is 0. The number of carbonyl (C=O) groups is 1. The maximum atomic E-state index is 12.5. The molecular weight excluding hydrogens is 252 g/mol. The van der Waals surface area contributed by atoms with Crippen molar-refractivity contribution in [2.75, 3.05) is 32.8 Å². The lowest BCUT2D eigenvalue weighted by Gasteiger charge is -2.40. The lowest BCUT2D eigenvalue weighted by atomic mass is 9.79. The largest absolute Gasteiger partial charge is 0.381 e. The molecule has 4 nitrogen and oxygen atoms in total. The van der Waals surface area contributed by atoms with E-state index < -0.39 is 0 Å². The third-order valence-corrected chi connectivity index (χ3v) is 4.99. The molecule has 2 aliphatic heterocycles. The summed E-state index contributed by atoms with van der Waals surface area (Å²) in [4.78, 5) is 14.9. The summed E-state index contributed by atoms with van der Waals surface area (Å²) in [5, 5.41) is 3.17. The van der Waals surface area contributed by atoms with Crippen LogP contribution in [0, 0.1) is 11.3 Å². The quantitative estimate of drug-likeness (QED) is 0.858.